The van der Waals surface area contributed by atoms with E-state index in [-0.39, 0.29) is 0 Å². The maximum absolute atomic E-state index is 4.79. The smallest absolute Gasteiger partial charge is 0.133 e. The van der Waals surface area contributed by atoms with Crippen LogP contribution in [-0.2, 0) is 6.54 Å². The third kappa shape index (κ3) is 3.32. The Morgan fingerprint density at radius 1 is 0.875 bits per heavy atom. The molecule has 2 fully saturated rings. The van der Waals surface area contributed by atoms with Gasteiger partial charge in [0.2, 0.25) is 0 Å². The molecule has 0 radical (unpaired) electrons. The van der Waals surface area contributed by atoms with E-state index >= 15 is 0 Å². The van der Waals surface area contributed by atoms with Crippen molar-refractivity contribution in [1.82, 2.24) is 9.88 Å². The van der Waals surface area contributed by atoms with Gasteiger partial charge in [-0.2, -0.15) is 0 Å². The number of likely N-dealkylation sites (tertiary alicyclic amines) is 1. The Labute approximate surface area is 145 Å². The Morgan fingerprint density at radius 3 is 2.54 bits per heavy atom. The lowest BCUT2D eigenvalue weighted by Gasteiger charge is -2.33. The van der Waals surface area contributed by atoms with E-state index < -0.39 is 0 Å². The molecule has 0 amide bonds. The van der Waals surface area contributed by atoms with Gasteiger partial charge in [0.05, 0.1) is 0 Å². The normalized spacial score (nSPS) is 22.0. The molecule has 0 bridgehead atoms. The van der Waals surface area contributed by atoms with E-state index in [0.29, 0.717) is 6.04 Å². The van der Waals surface area contributed by atoms with Crippen molar-refractivity contribution in [2.45, 2.75) is 44.7 Å². The molecule has 1 atom stereocenters. The van der Waals surface area contributed by atoms with Gasteiger partial charge < -0.3 is 4.90 Å². The molecular formula is C21H27N3. The molecule has 24 heavy (non-hydrogen) atoms. The number of rotatable bonds is 4. The molecule has 3 heterocycles. The number of aromatic nitrogens is 1. The lowest BCUT2D eigenvalue weighted by molar-refractivity contribution is 0.248. The number of piperidine rings is 1. The van der Waals surface area contributed by atoms with Gasteiger partial charge in [-0.15, -0.1) is 0 Å². The molecule has 3 nitrogen and oxygen atoms in total. The fourth-order valence-electron chi connectivity index (χ4n) is 4.22. The molecule has 4 rings (SSSR count). The highest BCUT2D eigenvalue weighted by molar-refractivity contribution is 5.49. The lowest BCUT2D eigenvalue weighted by atomic mass is 10.0. The molecule has 2 aromatic rings. The monoisotopic (exact) mass is 321 g/mol. The van der Waals surface area contributed by atoms with Gasteiger partial charge in [-0.25, -0.2) is 4.98 Å². The van der Waals surface area contributed by atoms with Crippen molar-refractivity contribution in [3.05, 3.63) is 59.8 Å². The van der Waals surface area contributed by atoms with Gasteiger partial charge in [-0.1, -0.05) is 36.4 Å². The maximum Gasteiger partial charge on any atom is 0.133 e. The van der Waals surface area contributed by atoms with Gasteiger partial charge in [0.1, 0.15) is 5.82 Å². The van der Waals surface area contributed by atoms with Crippen LogP contribution in [0.1, 0.15) is 49.3 Å². The third-order valence-electron chi connectivity index (χ3n) is 5.42. The third-order valence-corrected chi connectivity index (χ3v) is 5.42. The predicted octanol–water partition coefficient (Wildman–Crippen LogP) is 4.41. The zero-order valence-electron chi connectivity index (χ0n) is 14.4. The molecule has 0 aliphatic carbocycles. The van der Waals surface area contributed by atoms with E-state index in [9.17, 15) is 0 Å². The first kappa shape index (κ1) is 15.6. The molecule has 2 saturated heterocycles. The fourth-order valence-corrected chi connectivity index (χ4v) is 4.22. The average Bonchev–Trinajstić information content (AvgIpc) is 3.11. The van der Waals surface area contributed by atoms with E-state index in [1.54, 1.807) is 0 Å². The van der Waals surface area contributed by atoms with Crippen molar-refractivity contribution in [1.29, 1.82) is 0 Å². The summed E-state index contributed by atoms with van der Waals surface area (Å²) in [5.41, 5.74) is 2.85. The molecule has 1 unspecified atom stereocenters. The van der Waals surface area contributed by atoms with Crippen molar-refractivity contribution < 1.29 is 0 Å². The number of benzene rings is 1. The summed E-state index contributed by atoms with van der Waals surface area (Å²) < 4.78 is 0. The quantitative estimate of drug-likeness (QED) is 0.831. The van der Waals surface area contributed by atoms with Gasteiger partial charge in [0.15, 0.2) is 0 Å². The van der Waals surface area contributed by atoms with Crippen LogP contribution >= 0.6 is 0 Å². The molecule has 1 aromatic heterocycles. The molecular weight excluding hydrogens is 294 g/mol. The number of hydrogen-bond acceptors (Lipinski definition) is 3. The Hall–Kier alpha value is -1.87. The second kappa shape index (κ2) is 7.35. The molecule has 3 heteroatoms. The largest absolute Gasteiger partial charge is 0.356 e. The summed E-state index contributed by atoms with van der Waals surface area (Å²) in [7, 11) is 0. The van der Waals surface area contributed by atoms with Crippen molar-refractivity contribution >= 4 is 5.82 Å². The number of nitrogens with zero attached hydrogens (tertiary/aromatic N) is 3. The van der Waals surface area contributed by atoms with Crippen molar-refractivity contribution in [3.63, 3.8) is 0 Å². The number of anilines is 1. The maximum atomic E-state index is 4.79. The van der Waals surface area contributed by atoms with E-state index in [0.717, 1.165) is 19.6 Å². The second-order valence-corrected chi connectivity index (χ2v) is 7.08. The Morgan fingerprint density at radius 2 is 1.71 bits per heavy atom. The molecule has 0 saturated carbocycles. The van der Waals surface area contributed by atoms with Crippen molar-refractivity contribution in [2.24, 2.45) is 0 Å². The van der Waals surface area contributed by atoms with E-state index in [1.165, 1.54) is 55.6 Å². The van der Waals surface area contributed by atoms with Crippen LogP contribution in [-0.4, -0.2) is 29.5 Å². The fraction of sp³-hybridized carbons (Fsp3) is 0.476. The van der Waals surface area contributed by atoms with Crippen LogP contribution in [0, 0.1) is 0 Å². The summed E-state index contributed by atoms with van der Waals surface area (Å²) in [6.45, 7) is 4.55. The average molecular weight is 321 g/mol. The summed E-state index contributed by atoms with van der Waals surface area (Å²) in [5, 5.41) is 0. The standard InChI is InChI=1S/C21H27N3/c1-3-9-18(10-4-1)17-24-16-8-12-20(24)19-11-7-13-22-21(19)23-14-5-2-6-15-23/h1,3-4,7,9-11,13,20H,2,5-6,8,12,14-17H2. The van der Waals surface area contributed by atoms with Crippen LogP contribution in [0.15, 0.2) is 48.7 Å². The van der Waals surface area contributed by atoms with E-state index in [4.69, 9.17) is 4.98 Å². The molecule has 2 aliphatic rings. The highest BCUT2D eigenvalue weighted by Crippen LogP contribution is 2.37. The molecule has 126 valence electrons. The molecule has 0 N–H and O–H groups in total. The summed E-state index contributed by atoms with van der Waals surface area (Å²) >= 11 is 0. The minimum absolute atomic E-state index is 0.510. The minimum atomic E-state index is 0.510. The topological polar surface area (TPSA) is 19.4 Å². The summed E-state index contributed by atoms with van der Waals surface area (Å²) in [6.07, 6.45) is 8.46. The summed E-state index contributed by atoms with van der Waals surface area (Å²) in [6, 6.07) is 15.8. The molecule has 1 aromatic carbocycles. The summed E-state index contributed by atoms with van der Waals surface area (Å²) in [4.78, 5) is 9.94. The predicted molar refractivity (Wildman–Crippen MR) is 99.1 cm³/mol. The Bertz CT molecular complexity index is 649. The van der Waals surface area contributed by atoms with Crippen molar-refractivity contribution in [2.75, 3.05) is 24.5 Å². The lowest BCUT2D eigenvalue weighted by Crippen LogP contribution is -2.32. The second-order valence-electron chi connectivity index (χ2n) is 7.08. The van der Waals surface area contributed by atoms with Crippen molar-refractivity contribution in [3.8, 4) is 0 Å². The van der Waals surface area contributed by atoms with Crippen LogP contribution in [0.25, 0.3) is 0 Å². The number of hydrogen-bond donors (Lipinski definition) is 0. The van der Waals surface area contributed by atoms with Gasteiger partial charge in [0.25, 0.3) is 0 Å². The van der Waals surface area contributed by atoms with Crippen LogP contribution in [0.4, 0.5) is 5.82 Å². The number of pyridine rings is 1. The highest BCUT2D eigenvalue weighted by Gasteiger charge is 2.29. The van der Waals surface area contributed by atoms with Crippen LogP contribution in [0.2, 0.25) is 0 Å². The molecule has 2 aliphatic heterocycles. The van der Waals surface area contributed by atoms with Crippen LogP contribution in [0.3, 0.4) is 0 Å². The highest BCUT2D eigenvalue weighted by atomic mass is 15.2. The Kier molecular flexibility index (Phi) is 4.79. The van der Waals surface area contributed by atoms with E-state index in [1.807, 2.05) is 6.20 Å². The van der Waals surface area contributed by atoms with E-state index in [2.05, 4.69) is 52.3 Å². The zero-order chi connectivity index (χ0) is 16.2. The molecule has 0 spiro atoms. The summed E-state index contributed by atoms with van der Waals surface area (Å²) in [5.74, 6) is 1.24. The first-order valence-corrected chi connectivity index (χ1v) is 9.40. The zero-order valence-corrected chi connectivity index (χ0v) is 14.4. The first-order chi connectivity index (χ1) is 11.9. The van der Waals surface area contributed by atoms with Gasteiger partial charge in [-0.05, 0) is 50.3 Å². The first-order valence-electron chi connectivity index (χ1n) is 9.40. The van der Waals surface area contributed by atoms with Crippen LogP contribution in [0.5, 0.6) is 0 Å². The minimum Gasteiger partial charge on any atom is -0.356 e. The van der Waals surface area contributed by atoms with Gasteiger partial charge >= 0.3 is 0 Å². The van der Waals surface area contributed by atoms with Gasteiger partial charge in [-0.3, -0.25) is 4.90 Å². The SMILES string of the molecule is c1ccc(CN2CCCC2c2cccnc2N2CCCCC2)cc1. The Balaban J connectivity index is 1.58. The van der Waals surface area contributed by atoms with Gasteiger partial charge in [0, 0.05) is 37.4 Å². The van der Waals surface area contributed by atoms with Crippen LogP contribution < -0.4 is 4.90 Å².